The van der Waals surface area contributed by atoms with E-state index >= 15 is 0 Å². The van der Waals surface area contributed by atoms with Crippen LogP contribution in [0.25, 0.3) is 16.6 Å². The normalized spacial score (nSPS) is 12.0. The van der Waals surface area contributed by atoms with Crippen molar-refractivity contribution in [2.45, 2.75) is 13.1 Å². The number of hydrogen-bond donors (Lipinski definition) is 1. The van der Waals surface area contributed by atoms with Gasteiger partial charge in [0.1, 0.15) is 0 Å². The molecule has 4 aromatic carbocycles. The minimum absolute atomic E-state index is 0.158. The van der Waals surface area contributed by atoms with Gasteiger partial charge in [-0.25, -0.2) is 9.36 Å². The Morgan fingerprint density at radius 3 is 2.49 bits per heavy atom. The highest BCUT2D eigenvalue weighted by atomic mass is 35.5. The molecule has 0 saturated heterocycles. The van der Waals surface area contributed by atoms with E-state index in [1.54, 1.807) is 66.7 Å². The first-order valence-corrected chi connectivity index (χ1v) is 12.6. The van der Waals surface area contributed by atoms with E-state index in [0.717, 1.165) is 15.7 Å². The van der Waals surface area contributed by atoms with Crippen LogP contribution in [-0.4, -0.2) is 21.8 Å². The second kappa shape index (κ2) is 10.2. The van der Waals surface area contributed by atoms with Crippen LogP contribution in [0.15, 0.2) is 101 Å². The molecular formula is C30H22ClN3O5. The second-order valence-corrected chi connectivity index (χ2v) is 9.51. The Kier molecular flexibility index (Phi) is 6.38. The third kappa shape index (κ3) is 4.78. The average Bonchev–Trinajstić information content (AvgIpc) is 3.42. The molecule has 0 saturated carbocycles. The predicted octanol–water partition coefficient (Wildman–Crippen LogP) is 4.51. The maximum absolute atomic E-state index is 13.7. The lowest BCUT2D eigenvalue weighted by atomic mass is 10.1. The van der Waals surface area contributed by atoms with E-state index in [-0.39, 0.29) is 25.8 Å². The molecule has 1 aliphatic rings. The number of aromatic nitrogens is 2. The molecule has 0 fully saturated rings. The molecule has 0 bridgehead atoms. The van der Waals surface area contributed by atoms with E-state index in [0.29, 0.717) is 38.7 Å². The smallest absolute Gasteiger partial charge is 0.336 e. The van der Waals surface area contributed by atoms with Crippen LogP contribution in [0.2, 0.25) is 5.02 Å². The lowest BCUT2D eigenvalue weighted by Crippen LogP contribution is -2.39. The summed E-state index contributed by atoms with van der Waals surface area (Å²) in [6.45, 7) is 0.592. The third-order valence-corrected chi connectivity index (χ3v) is 6.78. The molecule has 1 aromatic heterocycles. The highest BCUT2D eigenvalue weighted by Gasteiger charge is 2.18. The van der Waals surface area contributed by atoms with Crippen molar-refractivity contribution in [1.29, 1.82) is 0 Å². The van der Waals surface area contributed by atoms with Gasteiger partial charge >= 0.3 is 5.69 Å². The number of amides is 1. The zero-order valence-electron chi connectivity index (χ0n) is 20.6. The summed E-state index contributed by atoms with van der Waals surface area (Å²) in [5, 5.41) is 3.74. The summed E-state index contributed by atoms with van der Waals surface area (Å²) < 4.78 is 13.4. The summed E-state index contributed by atoms with van der Waals surface area (Å²) >= 11 is 6.19. The summed E-state index contributed by atoms with van der Waals surface area (Å²) in [5.41, 5.74) is 1.78. The van der Waals surface area contributed by atoms with Gasteiger partial charge < -0.3 is 14.8 Å². The highest BCUT2D eigenvalue weighted by molar-refractivity contribution is 6.30. The van der Waals surface area contributed by atoms with Crippen molar-refractivity contribution >= 4 is 28.4 Å². The number of halogens is 1. The molecular weight excluding hydrogens is 518 g/mol. The minimum Gasteiger partial charge on any atom is -0.454 e. The van der Waals surface area contributed by atoms with Gasteiger partial charge in [0.05, 0.1) is 23.1 Å². The number of rotatable bonds is 6. The molecule has 0 unspecified atom stereocenters. The molecule has 8 nitrogen and oxygen atoms in total. The van der Waals surface area contributed by atoms with Gasteiger partial charge in [-0.15, -0.1) is 0 Å². The Labute approximate surface area is 227 Å². The first-order valence-electron chi connectivity index (χ1n) is 12.2. The Hall–Kier alpha value is -4.82. The number of nitrogens with one attached hydrogen (secondary N) is 1. The van der Waals surface area contributed by atoms with Crippen LogP contribution in [0.3, 0.4) is 0 Å². The van der Waals surface area contributed by atoms with E-state index in [1.165, 1.54) is 4.57 Å². The van der Waals surface area contributed by atoms with Crippen LogP contribution < -0.4 is 26.0 Å². The summed E-state index contributed by atoms with van der Waals surface area (Å²) in [5.74, 6) is 0.953. The number of ether oxygens (including phenoxy) is 2. The monoisotopic (exact) mass is 539 g/mol. The Morgan fingerprint density at radius 1 is 0.846 bits per heavy atom. The van der Waals surface area contributed by atoms with Gasteiger partial charge in [0, 0.05) is 17.1 Å². The van der Waals surface area contributed by atoms with Crippen LogP contribution in [-0.2, 0) is 13.1 Å². The predicted molar refractivity (Wildman–Crippen MR) is 148 cm³/mol. The molecule has 1 N–H and O–H groups in total. The maximum Gasteiger partial charge on any atom is 0.336 e. The van der Waals surface area contributed by atoms with E-state index in [9.17, 15) is 14.4 Å². The Balaban J connectivity index is 1.40. The SMILES string of the molecule is O=C(NCc1ccc2c(c1)OCO2)c1ccc2c(=O)n(-c3ccccc3)c(=O)n(Cc3cccc(Cl)c3)c2c1. The van der Waals surface area contributed by atoms with Crippen LogP contribution >= 0.6 is 11.6 Å². The Morgan fingerprint density at radius 2 is 1.67 bits per heavy atom. The lowest BCUT2D eigenvalue weighted by molar-refractivity contribution is 0.0951. The molecule has 2 heterocycles. The number of para-hydroxylation sites is 1. The molecule has 9 heteroatoms. The van der Waals surface area contributed by atoms with Crippen LogP contribution in [0.4, 0.5) is 0 Å². The van der Waals surface area contributed by atoms with Gasteiger partial charge in [-0.2, -0.15) is 0 Å². The Bertz CT molecular complexity index is 1850. The molecule has 1 aliphatic heterocycles. The van der Waals surface area contributed by atoms with Gasteiger partial charge in [-0.3, -0.25) is 14.2 Å². The number of fused-ring (bicyclic) bond motifs is 2. The second-order valence-electron chi connectivity index (χ2n) is 9.08. The maximum atomic E-state index is 13.7. The van der Waals surface area contributed by atoms with Crippen molar-refractivity contribution in [3.8, 4) is 17.2 Å². The zero-order valence-corrected chi connectivity index (χ0v) is 21.4. The molecule has 6 rings (SSSR count). The van der Waals surface area contributed by atoms with Gasteiger partial charge in [-0.1, -0.05) is 48.0 Å². The van der Waals surface area contributed by atoms with Crippen molar-refractivity contribution < 1.29 is 14.3 Å². The van der Waals surface area contributed by atoms with Crippen molar-refractivity contribution in [3.05, 3.63) is 134 Å². The van der Waals surface area contributed by atoms with E-state index in [2.05, 4.69) is 5.32 Å². The largest absolute Gasteiger partial charge is 0.454 e. The topological polar surface area (TPSA) is 91.6 Å². The van der Waals surface area contributed by atoms with Gasteiger partial charge in [0.25, 0.3) is 11.5 Å². The number of hydrogen-bond acceptors (Lipinski definition) is 5. The first-order chi connectivity index (χ1) is 19.0. The van der Waals surface area contributed by atoms with E-state index < -0.39 is 11.2 Å². The fourth-order valence-corrected chi connectivity index (χ4v) is 4.83. The molecule has 1 amide bonds. The molecule has 0 spiro atoms. The van der Waals surface area contributed by atoms with Crippen LogP contribution in [0.5, 0.6) is 11.5 Å². The number of carbonyl (C=O) groups is 1. The van der Waals surface area contributed by atoms with Crippen molar-refractivity contribution in [3.63, 3.8) is 0 Å². The summed E-state index contributed by atoms with van der Waals surface area (Å²) in [4.78, 5) is 40.4. The fourth-order valence-electron chi connectivity index (χ4n) is 4.62. The van der Waals surface area contributed by atoms with E-state index in [1.807, 2.05) is 24.3 Å². The summed E-state index contributed by atoms with van der Waals surface area (Å²) in [6.07, 6.45) is 0. The molecule has 0 aliphatic carbocycles. The molecule has 5 aromatic rings. The highest BCUT2D eigenvalue weighted by Crippen LogP contribution is 2.32. The van der Waals surface area contributed by atoms with Crippen LogP contribution in [0.1, 0.15) is 21.5 Å². The number of nitrogens with zero attached hydrogens (tertiary/aromatic N) is 2. The van der Waals surface area contributed by atoms with Crippen molar-refractivity contribution in [1.82, 2.24) is 14.5 Å². The standard InChI is InChI=1S/C30H22ClN3O5/c31-22-6-4-5-20(13-22)17-33-25-15-21(28(35)32-16-19-9-12-26-27(14-19)39-18-38-26)10-11-24(25)29(36)34(30(33)37)23-7-2-1-3-8-23/h1-15H,16-18H2,(H,32,35). The lowest BCUT2D eigenvalue weighted by Gasteiger charge is -2.15. The molecule has 0 radical (unpaired) electrons. The van der Waals surface area contributed by atoms with Gasteiger partial charge in [0.15, 0.2) is 11.5 Å². The fraction of sp³-hybridized carbons (Fsp3) is 0.100. The third-order valence-electron chi connectivity index (χ3n) is 6.54. The minimum atomic E-state index is -0.517. The summed E-state index contributed by atoms with van der Waals surface area (Å²) in [7, 11) is 0. The molecule has 194 valence electrons. The van der Waals surface area contributed by atoms with Crippen LogP contribution in [0, 0.1) is 0 Å². The quantitative estimate of drug-likeness (QED) is 0.343. The first kappa shape index (κ1) is 24.5. The van der Waals surface area contributed by atoms with Gasteiger partial charge in [0.2, 0.25) is 6.79 Å². The summed E-state index contributed by atoms with van der Waals surface area (Å²) in [6, 6.07) is 26.1. The molecule has 39 heavy (non-hydrogen) atoms. The van der Waals surface area contributed by atoms with E-state index in [4.69, 9.17) is 21.1 Å². The average molecular weight is 540 g/mol. The van der Waals surface area contributed by atoms with Crippen molar-refractivity contribution in [2.24, 2.45) is 0 Å². The number of carbonyl (C=O) groups excluding carboxylic acids is 1. The van der Waals surface area contributed by atoms with Gasteiger partial charge in [-0.05, 0) is 65.7 Å². The molecule has 0 atom stereocenters. The number of benzene rings is 4. The van der Waals surface area contributed by atoms with Crippen molar-refractivity contribution in [2.75, 3.05) is 6.79 Å². The zero-order chi connectivity index (χ0) is 26.9.